The SMILES string of the molecule is CC(C)c1ccc(-c2cc3c4ccc5c6ccccc6oc5c4n4c3c(c2)c2ccc3c5ccccc5oc3c24)cc1. The second-order valence-electron chi connectivity index (χ2n) is 11.9. The van der Waals surface area contributed by atoms with E-state index in [1.54, 1.807) is 0 Å². The molecular weight excluding hydrogens is 514 g/mol. The van der Waals surface area contributed by atoms with Crippen molar-refractivity contribution < 1.29 is 8.83 Å². The highest BCUT2D eigenvalue weighted by atomic mass is 16.3. The lowest BCUT2D eigenvalue weighted by atomic mass is 9.96. The third kappa shape index (κ3) is 2.71. The Morgan fingerprint density at radius 2 is 0.952 bits per heavy atom. The smallest absolute Gasteiger partial charge is 0.160 e. The molecule has 0 radical (unpaired) electrons. The number of hydrogen-bond acceptors (Lipinski definition) is 2. The molecule has 42 heavy (non-hydrogen) atoms. The fraction of sp³-hybridized carbons (Fsp3) is 0.0769. The van der Waals surface area contributed by atoms with Gasteiger partial charge in [-0.05, 0) is 59.0 Å². The summed E-state index contributed by atoms with van der Waals surface area (Å²) in [5.74, 6) is 0.501. The van der Waals surface area contributed by atoms with Crippen LogP contribution in [0.1, 0.15) is 25.3 Å². The van der Waals surface area contributed by atoms with Crippen molar-refractivity contribution >= 4 is 82.0 Å². The lowest BCUT2D eigenvalue weighted by Gasteiger charge is -2.08. The van der Waals surface area contributed by atoms with Gasteiger partial charge in [-0.3, -0.25) is 0 Å². The van der Waals surface area contributed by atoms with Crippen molar-refractivity contribution in [2.75, 3.05) is 0 Å². The maximum Gasteiger partial charge on any atom is 0.160 e. The van der Waals surface area contributed by atoms with E-state index in [4.69, 9.17) is 8.83 Å². The molecule has 0 fully saturated rings. The average molecular weight is 540 g/mol. The largest absolute Gasteiger partial charge is 0.454 e. The number of hydrogen-bond donors (Lipinski definition) is 0. The molecule has 0 unspecified atom stereocenters. The predicted octanol–water partition coefficient (Wildman–Crippen LogP) is 11.4. The summed E-state index contributed by atoms with van der Waals surface area (Å²) < 4.78 is 15.7. The van der Waals surface area contributed by atoms with Gasteiger partial charge < -0.3 is 13.2 Å². The highest BCUT2D eigenvalue weighted by Gasteiger charge is 2.25. The Kier molecular flexibility index (Phi) is 4.12. The minimum Gasteiger partial charge on any atom is -0.454 e. The molecule has 0 saturated carbocycles. The number of nitrogens with zero attached hydrogens (tertiary/aromatic N) is 1. The summed E-state index contributed by atoms with van der Waals surface area (Å²) in [6.45, 7) is 4.48. The van der Waals surface area contributed by atoms with Crippen LogP contribution in [0.5, 0.6) is 0 Å². The highest BCUT2D eigenvalue weighted by molar-refractivity contribution is 6.31. The van der Waals surface area contributed by atoms with Gasteiger partial charge in [-0.1, -0.05) is 86.6 Å². The Bertz CT molecular complexity index is 2540. The number of benzene rings is 6. The fourth-order valence-electron chi connectivity index (χ4n) is 7.28. The summed E-state index contributed by atoms with van der Waals surface area (Å²) in [5.41, 5.74) is 10.8. The van der Waals surface area contributed by atoms with Crippen LogP contribution in [0, 0.1) is 0 Å². The molecule has 0 aliphatic rings. The van der Waals surface area contributed by atoms with E-state index in [9.17, 15) is 0 Å². The van der Waals surface area contributed by atoms with E-state index in [2.05, 4.69) is 115 Å². The van der Waals surface area contributed by atoms with Crippen LogP contribution in [0.4, 0.5) is 0 Å². The molecule has 0 aliphatic heterocycles. The molecule has 198 valence electrons. The molecule has 3 nitrogen and oxygen atoms in total. The van der Waals surface area contributed by atoms with E-state index in [1.807, 2.05) is 12.1 Å². The molecule has 0 aliphatic carbocycles. The first-order chi connectivity index (χ1) is 20.7. The predicted molar refractivity (Wildman–Crippen MR) is 175 cm³/mol. The Labute approximate surface area is 240 Å². The average Bonchev–Trinajstić information content (AvgIpc) is 3.76. The maximum absolute atomic E-state index is 6.65. The topological polar surface area (TPSA) is 30.7 Å². The first kappa shape index (κ1) is 22.4. The second kappa shape index (κ2) is 7.71. The van der Waals surface area contributed by atoms with Crippen molar-refractivity contribution in [1.29, 1.82) is 0 Å². The Morgan fingerprint density at radius 3 is 1.48 bits per heavy atom. The summed E-state index contributed by atoms with van der Waals surface area (Å²) in [5, 5.41) is 9.38. The van der Waals surface area contributed by atoms with E-state index in [1.165, 1.54) is 43.8 Å². The van der Waals surface area contributed by atoms with Gasteiger partial charge in [-0.15, -0.1) is 0 Å². The van der Waals surface area contributed by atoms with Gasteiger partial charge in [0.15, 0.2) is 11.2 Å². The number of furan rings is 2. The number of para-hydroxylation sites is 2. The van der Waals surface area contributed by atoms with Gasteiger partial charge in [0, 0.05) is 43.1 Å². The molecule has 0 bridgehead atoms. The van der Waals surface area contributed by atoms with Gasteiger partial charge >= 0.3 is 0 Å². The Morgan fingerprint density at radius 1 is 0.452 bits per heavy atom. The molecule has 0 saturated heterocycles. The van der Waals surface area contributed by atoms with E-state index >= 15 is 0 Å². The third-order valence-corrected chi connectivity index (χ3v) is 9.31. The van der Waals surface area contributed by atoms with Crippen molar-refractivity contribution in [2.24, 2.45) is 0 Å². The number of aromatic nitrogens is 1. The normalized spacial score (nSPS) is 12.7. The summed E-state index contributed by atoms with van der Waals surface area (Å²) in [6, 6.07) is 39.4. The highest BCUT2D eigenvalue weighted by Crippen LogP contribution is 2.47. The molecule has 6 aromatic carbocycles. The van der Waals surface area contributed by atoms with Gasteiger partial charge in [-0.2, -0.15) is 0 Å². The monoisotopic (exact) mass is 539 g/mol. The van der Waals surface area contributed by atoms with Crippen molar-refractivity contribution in [3.63, 3.8) is 0 Å². The zero-order valence-electron chi connectivity index (χ0n) is 23.2. The van der Waals surface area contributed by atoms with Gasteiger partial charge in [0.05, 0.1) is 16.6 Å². The van der Waals surface area contributed by atoms with Crippen LogP contribution < -0.4 is 0 Å². The summed E-state index contributed by atoms with van der Waals surface area (Å²) in [7, 11) is 0. The fourth-order valence-corrected chi connectivity index (χ4v) is 7.28. The minimum absolute atomic E-state index is 0.501. The quantitative estimate of drug-likeness (QED) is 0.219. The molecular formula is C39H25NO2. The molecule has 0 N–H and O–H groups in total. The molecule has 4 aromatic heterocycles. The molecule has 0 amide bonds. The van der Waals surface area contributed by atoms with Crippen LogP contribution in [0.2, 0.25) is 0 Å². The molecule has 10 rings (SSSR count). The zero-order chi connectivity index (χ0) is 27.7. The van der Waals surface area contributed by atoms with Crippen LogP contribution in [-0.2, 0) is 0 Å². The van der Waals surface area contributed by atoms with E-state index in [-0.39, 0.29) is 0 Å². The summed E-state index contributed by atoms with van der Waals surface area (Å²) in [4.78, 5) is 0. The molecule has 4 heterocycles. The van der Waals surface area contributed by atoms with Crippen LogP contribution in [-0.4, -0.2) is 4.40 Å². The van der Waals surface area contributed by atoms with Crippen molar-refractivity contribution in [2.45, 2.75) is 19.8 Å². The van der Waals surface area contributed by atoms with Crippen LogP contribution in [0.15, 0.2) is 118 Å². The summed E-state index contributed by atoms with van der Waals surface area (Å²) in [6.07, 6.45) is 0. The first-order valence-electron chi connectivity index (χ1n) is 14.6. The molecule has 0 atom stereocenters. The number of fused-ring (bicyclic) bond motifs is 14. The van der Waals surface area contributed by atoms with Crippen LogP contribution in [0.25, 0.3) is 93.1 Å². The van der Waals surface area contributed by atoms with E-state index in [0.717, 1.165) is 54.9 Å². The zero-order valence-corrected chi connectivity index (χ0v) is 23.2. The minimum atomic E-state index is 0.501. The second-order valence-corrected chi connectivity index (χ2v) is 11.9. The van der Waals surface area contributed by atoms with Gasteiger partial charge in [-0.25, -0.2) is 0 Å². The van der Waals surface area contributed by atoms with E-state index < -0.39 is 0 Å². The lowest BCUT2D eigenvalue weighted by Crippen LogP contribution is -1.86. The molecule has 3 heteroatoms. The van der Waals surface area contributed by atoms with Crippen LogP contribution >= 0.6 is 0 Å². The molecule has 0 spiro atoms. The summed E-state index contributed by atoms with van der Waals surface area (Å²) >= 11 is 0. The number of rotatable bonds is 2. The van der Waals surface area contributed by atoms with Crippen molar-refractivity contribution in [1.82, 2.24) is 4.40 Å². The van der Waals surface area contributed by atoms with Crippen LogP contribution in [0.3, 0.4) is 0 Å². The van der Waals surface area contributed by atoms with Gasteiger partial charge in [0.25, 0.3) is 0 Å². The van der Waals surface area contributed by atoms with Crippen molar-refractivity contribution in [3.05, 3.63) is 115 Å². The third-order valence-electron chi connectivity index (χ3n) is 9.31. The van der Waals surface area contributed by atoms with E-state index in [0.29, 0.717) is 5.92 Å². The standard InChI is InChI=1S/C39H25NO2/c1-21(2)22-11-13-23(14-12-22)24-19-31-27-15-17-29-25-7-3-5-9-33(25)41-38(29)36(27)40-35(31)32(20-24)28-16-18-30-26-8-4-6-10-34(26)42-39(30)37(28)40/h3-21H,1-2H3. The Hall–Kier alpha value is -5.28. The Balaban J connectivity index is 1.44. The first-order valence-corrected chi connectivity index (χ1v) is 14.6. The van der Waals surface area contributed by atoms with Gasteiger partial charge in [0.2, 0.25) is 0 Å². The van der Waals surface area contributed by atoms with Gasteiger partial charge in [0.1, 0.15) is 11.2 Å². The maximum atomic E-state index is 6.65. The molecule has 10 aromatic rings. The lowest BCUT2D eigenvalue weighted by molar-refractivity contribution is 0.670. The van der Waals surface area contributed by atoms with Crippen molar-refractivity contribution in [3.8, 4) is 11.1 Å².